The van der Waals surface area contributed by atoms with Crippen molar-refractivity contribution in [1.82, 2.24) is 40.4 Å². The summed E-state index contributed by atoms with van der Waals surface area (Å²) in [6.07, 6.45) is -1.49. The van der Waals surface area contributed by atoms with Crippen LogP contribution in [-0.4, -0.2) is 108 Å². The lowest BCUT2D eigenvalue weighted by Gasteiger charge is -2.32. The Morgan fingerprint density at radius 2 is 2.10 bits per heavy atom. The summed E-state index contributed by atoms with van der Waals surface area (Å²) < 4.78 is 24.8. The number of aromatic amines is 1. The highest BCUT2D eigenvalue weighted by molar-refractivity contribution is 7.53. The van der Waals surface area contributed by atoms with Gasteiger partial charge in [0.25, 0.3) is 0 Å². The van der Waals surface area contributed by atoms with Crippen molar-refractivity contribution in [2.24, 2.45) is 5.92 Å². The molecule has 0 aromatic carbocycles. The Balaban J connectivity index is 1.37. The van der Waals surface area contributed by atoms with Gasteiger partial charge in [0.05, 0.1) is 31.2 Å². The van der Waals surface area contributed by atoms with E-state index in [1.165, 1.54) is 10.9 Å². The van der Waals surface area contributed by atoms with Crippen LogP contribution in [0.4, 0.5) is 5.82 Å². The minimum atomic E-state index is -5.11. The molecule has 4 heterocycles. The maximum Gasteiger partial charge on any atom is 0.359 e. The summed E-state index contributed by atoms with van der Waals surface area (Å²) in [6, 6.07) is 0.201. The predicted octanol–water partition coefficient (Wildman–Crippen LogP) is -0.662. The number of anilines is 1. The molecular formula is C20H29ClN9O8P. The van der Waals surface area contributed by atoms with Gasteiger partial charge in [0.2, 0.25) is 5.28 Å². The van der Waals surface area contributed by atoms with E-state index >= 15 is 0 Å². The number of aliphatic hydroxyl groups is 3. The SMILES string of the molecule is C[C@@H]1CCC[C@@H]1Nc1nc(Cl)nc2c1cnn2[C@@H]1O[C@H](CO[C@](CO)(Cc2nn[nH]n2)P(=O)(O)O)[C@@H](O)[C@H]1O. The Morgan fingerprint density at radius 3 is 2.74 bits per heavy atom. The second-order valence-electron chi connectivity index (χ2n) is 9.84. The number of nitrogens with zero attached hydrogens (tertiary/aromatic N) is 7. The van der Waals surface area contributed by atoms with Gasteiger partial charge in [0.1, 0.15) is 24.1 Å². The fraction of sp³-hybridized carbons (Fsp3) is 0.700. The molecule has 5 rings (SSSR count). The van der Waals surface area contributed by atoms with Gasteiger partial charge < -0.3 is 39.9 Å². The number of fused-ring (bicyclic) bond motifs is 1. The monoisotopic (exact) mass is 589 g/mol. The summed E-state index contributed by atoms with van der Waals surface area (Å²) >= 11 is 6.20. The van der Waals surface area contributed by atoms with Gasteiger partial charge in [0, 0.05) is 6.04 Å². The lowest BCUT2D eigenvalue weighted by atomic mass is 10.1. The molecule has 3 aromatic rings. The molecular weight excluding hydrogens is 561 g/mol. The summed E-state index contributed by atoms with van der Waals surface area (Å²) in [6.45, 7) is 0.440. The third-order valence-corrected chi connectivity index (χ3v) is 8.97. The Labute approximate surface area is 226 Å². The molecule has 1 saturated carbocycles. The fourth-order valence-corrected chi connectivity index (χ4v) is 5.91. The standard InChI is InChI=1S/C20H29ClN9O8P/c1-9-3-2-4-11(9)23-16-10-6-22-30(17(10)25-19(21)24-16)18-15(33)14(32)12(38-18)7-37-20(8-31,39(34,35)36)5-13-26-28-29-27-13/h6,9,11-12,14-15,18,31-33H,2-5,7-8H2,1H3,(H,23,24,25)(H2,34,35,36)(H,26,27,28,29)/t9-,11+,12-,14-,15-,18-,20-/m1/s1. The molecule has 39 heavy (non-hydrogen) atoms. The number of aliphatic hydroxyl groups excluding tert-OH is 3. The molecule has 0 bridgehead atoms. The van der Waals surface area contributed by atoms with E-state index in [9.17, 15) is 29.7 Å². The van der Waals surface area contributed by atoms with Crippen molar-refractivity contribution in [3.8, 4) is 0 Å². The summed E-state index contributed by atoms with van der Waals surface area (Å²) in [7, 11) is -5.11. The lowest BCUT2D eigenvalue weighted by Crippen LogP contribution is -2.43. The first-order chi connectivity index (χ1) is 18.5. The van der Waals surface area contributed by atoms with Gasteiger partial charge in [0.15, 0.2) is 23.0 Å². The van der Waals surface area contributed by atoms with E-state index in [2.05, 4.69) is 47.9 Å². The third kappa shape index (κ3) is 5.38. The number of H-pyrrole nitrogens is 1. The molecule has 1 aliphatic heterocycles. The first kappa shape index (κ1) is 28.2. The normalized spacial score (nSPS) is 29.2. The molecule has 0 radical (unpaired) electrons. The maximum atomic E-state index is 12.3. The number of nitrogens with one attached hydrogen (secondary N) is 2. The Morgan fingerprint density at radius 1 is 1.31 bits per heavy atom. The number of hydrogen-bond acceptors (Lipinski definition) is 13. The molecule has 2 fully saturated rings. The van der Waals surface area contributed by atoms with Crippen LogP contribution in [0.25, 0.3) is 11.0 Å². The molecule has 7 N–H and O–H groups in total. The van der Waals surface area contributed by atoms with Gasteiger partial charge in [-0.1, -0.05) is 18.6 Å². The van der Waals surface area contributed by atoms with Crippen molar-refractivity contribution in [3.63, 3.8) is 0 Å². The first-order valence-corrected chi connectivity index (χ1v) is 14.2. The molecule has 17 nitrogen and oxygen atoms in total. The van der Waals surface area contributed by atoms with Gasteiger partial charge in [-0.3, -0.25) is 4.57 Å². The Kier molecular flexibility index (Phi) is 7.89. The third-order valence-electron chi connectivity index (χ3n) is 7.31. The molecule has 214 valence electrons. The van der Waals surface area contributed by atoms with Gasteiger partial charge >= 0.3 is 7.60 Å². The van der Waals surface area contributed by atoms with E-state index in [1.54, 1.807) is 0 Å². The van der Waals surface area contributed by atoms with E-state index in [-0.39, 0.29) is 22.8 Å². The molecule has 19 heteroatoms. The van der Waals surface area contributed by atoms with E-state index in [4.69, 9.17) is 21.1 Å². The molecule has 2 aliphatic rings. The number of tetrazole rings is 1. The number of rotatable bonds is 10. The Hall–Kier alpha value is -2.34. The molecule has 1 aliphatic carbocycles. The van der Waals surface area contributed by atoms with E-state index in [0.717, 1.165) is 19.3 Å². The van der Waals surface area contributed by atoms with Gasteiger partial charge in [-0.25, -0.2) is 4.68 Å². The Bertz CT molecular complexity index is 1340. The topological polar surface area (TPSA) is 247 Å². The van der Waals surface area contributed by atoms with Crippen LogP contribution in [0.2, 0.25) is 5.28 Å². The molecule has 1 saturated heterocycles. The van der Waals surface area contributed by atoms with Crippen LogP contribution in [0.5, 0.6) is 0 Å². The smallest absolute Gasteiger partial charge is 0.359 e. The summed E-state index contributed by atoms with van der Waals surface area (Å²) in [4.78, 5) is 28.5. The summed E-state index contributed by atoms with van der Waals surface area (Å²) in [5.74, 6) is 0.812. The van der Waals surface area contributed by atoms with Gasteiger partial charge in [-0.2, -0.15) is 20.3 Å². The van der Waals surface area contributed by atoms with E-state index in [1.807, 2.05) is 0 Å². The minimum Gasteiger partial charge on any atom is -0.393 e. The van der Waals surface area contributed by atoms with Crippen LogP contribution in [0, 0.1) is 5.92 Å². The van der Waals surface area contributed by atoms with Crippen molar-refractivity contribution in [2.75, 3.05) is 18.5 Å². The zero-order valence-electron chi connectivity index (χ0n) is 20.7. The number of halogens is 1. The average Bonchev–Trinajstić information content (AvgIpc) is 3.67. The molecule has 7 atom stereocenters. The van der Waals surface area contributed by atoms with E-state index < -0.39 is 57.1 Å². The summed E-state index contributed by atoms with van der Waals surface area (Å²) in [5.41, 5.74) is 0.248. The lowest BCUT2D eigenvalue weighted by molar-refractivity contribution is -0.109. The number of aromatic nitrogens is 8. The minimum absolute atomic E-state index is 0.0545. The van der Waals surface area contributed by atoms with Crippen LogP contribution in [0.15, 0.2) is 6.20 Å². The van der Waals surface area contributed by atoms with Crippen molar-refractivity contribution in [2.45, 2.75) is 68.5 Å². The van der Waals surface area contributed by atoms with Gasteiger partial charge in [-0.05, 0) is 30.4 Å². The van der Waals surface area contributed by atoms with Crippen LogP contribution in [0.1, 0.15) is 38.2 Å². The second-order valence-corrected chi connectivity index (χ2v) is 12.1. The van der Waals surface area contributed by atoms with Crippen molar-refractivity contribution in [1.29, 1.82) is 0 Å². The quantitative estimate of drug-likeness (QED) is 0.114. The van der Waals surface area contributed by atoms with Crippen molar-refractivity contribution >= 4 is 36.0 Å². The summed E-state index contributed by atoms with van der Waals surface area (Å²) in [5, 5.41) is 49.9. The van der Waals surface area contributed by atoms with Crippen LogP contribution in [-0.2, 0) is 20.5 Å². The van der Waals surface area contributed by atoms with Crippen molar-refractivity contribution < 1.29 is 39.1 Å². The molecule has 0 spiro atoms. The predicted molar refractivity (Wildman–Crippen MR) is 132 cm³/mol. The zero-order chi connectivity index (χ0) is 27.9. The fourth-order valence-electron chi connectivity index (χ4n) is 4.97. The largest absolute Gasteiger partial charge is 0.393 e. The second kappa shape index (κ2) is 10.9. The molecule has 0 amide bonds. The van der Waals surface area contributed by atoms with Crippen LogP contribution in [0.3, 0.4) is 0 Å². The van der Waals surface area contributed by atoms with Crippen LogP contribution >= 0.6 is 19.2 Å². The first-order valence-electron chi connectivity index (χ1n) is 12.2. The molecule has 0 unspecified atom stereocenters. The highest BCUT2D eigenvalue weighted by atomic mass is 35.5. The van der Waals surface area contributed by atoms with Crippen LogP contribution < -0.4 is 5.32 Å². The van der Waals surface area contributed by atoms with E-state index in [0.29, 0.717) is 17.1 Å². The number of ether oxygens (including phenoxy) is 2. The zero-order valence-corrected chi connectivity index (χ0v) is 22.4. The molecule has 3 aromatic heterocycles. The number of hydrogen-bond donors (Lipinski definition) is 7. The van der Waals surface area contributed by atoms with Crippen molar-refractivity contribution in [3.05, 3.63) is 17.3 Å². The average molecular weight is 590 g/mol. The van der Waals surface area contributed by atoms with Gasteiger partial charge in [-0.15, -0.1) is 10.2 Å². The highest BCUT2D eigenvalue weighted by Gasteiger charge is 2.52. The maximum absolute atomic E-state index is 12.3. The highest BCUT2D eigenvalue weighted by Crippen LogP contribution is 2.53.